The number of amides is 1. The van der Waals surface area contributed by atoms with Crippen LogP contribution >= 0.6 is 0 Å². The average Bonchev–Trinajstić information content (AvgIpc) is 2.66. The number of halogens is 4. The fourth-order valence-corrected chi connectivity index (χ4v) is 3.54. The quantitative estimate of drug-likeness (QED) is 0.752. The van der Waals surface area contributed by atoms with Crippen LogP contribution in [0.3, 0.4) is 0 Å². The first-order chi connectivity index (χ1) is 13.3. The molecule has 0 bridgehead atoms. The van der Waals surface area contributed by atoms with Crippen LogP contribution in [0.2, 0.25) is 0 Å². The first-order valence-electron chi connectivity index (χ1n) is 8.88. The van der Waals surface area contributed by atoms with Crippen LogP contribution in [0.5, 0.6) is 5.75 Å². The summed E-state index contributed by atoms with van der Waals surface area (Å²) in [5.74, 6) is -9.05. The summed E-state index contributed by atoms with van der Waals surface area (Å²) in [6, 6.07) is 11.7. The molecule has 1 fully saturated rings. The molecule has 1 heterocycles. The molecule has 1 amide bonds. The van der Waals surface area contributed by atoms with Crippen molar-refractivity contribution in [3.63, 3.8) is 0 Å². The van der Waals surface area contributed by atoms with E-state index in [4.69, 9.17) is 4.74 Å². The number of hydrogen-bond acceptors (Lipinski definition) is 3. The van der Waals surface area contributed by atoms with Gasteiger partial charge in [0.15, 0.2) is 6.61 Å². The van der Waals surface area contributed by atoms with Crippen molar-refractivity contribution >= 4 is 11.6 Å². The van der Waals surface area contributed by atoms with Gasteiger partial charge in [-0.2, -0.15) is 17.6 Å². The predicted octanol–water partition coefficient (Wildman–Crippen LogP) is 4.07. The summed E-state index contributed by atoms with van der Waals surface area (Å²) in [7, 11) is 0. The lowest BCUT2D eigenvalue weighted by atomic mass is 9.72. The Labute approximate surface area is 158 Å². The summed E-state index contributed by atoms with van der Waals surface area (Å²) in [5, 5.41) is 5.95. The number of nitrogens with one attached hydrogen (secondary N) is 2. The van der Waals surface area contributed by atoms with Gasteiger partial charge < -0.3 is 15.4 Å². The molecule has 2 aliphatic rings. The Kier molecular flexibility index (Phi) is 4.53. The van der Waals surface area contributed by atoms with Crippen molar-refractivity contribution in [1.29, 1.82) is 0 Å². The molecule has 148 valence electrons. The summed E-state index contributed by atoms with van der Waals surface area (Å²) in [6.45, 7) is 0.747. The Hall–Kier alpha value is -2.61. The highest BCUT2D eigenvalue weighted by Crippen LogP contribution is 2.59. The predicted molar refractivity (Wildman–Crippen MR) is 94.8 cm³/mol. The van der Waals surface area contributed by atoms with Gasteiger partial charge in [-0.3, -0.25) is 4.79 Å². The molecule has 2 aromatic rings. The van der Waals surface area contributed by atoms with E-state index in [0.29, 0.717) is 30.1 Å². The van der Waals surface area contributed by atoms with Crippen LogP contribution in [0.4, 0.5) is 23.2 Å². The average molecular weight is 394 g/mol. The van der Waals surface area contributed by atoms with Gasteiger partial charge >= 0.3 is 11.8 Å². The molecule has 0 spiro atoms. The lowest BCUT2D eigenvalue weighted by molar-refractivity contribution is -0.290. The van der Waals surface area contributed by atoms with Crippen LogP contribution in [0.15, 0.2) is 42.5 Å². The standard InChI is InChI=1S/C20H18F4N2O2/c21-19(22)8-15(20(19,23)24)13-4-1-3-12(7-13)9-25-10-14-5-2-6-16-18(14)26-17(27)11-28-16/h1-7,15,25H,8-11H2,(H,26,27). The minimum Gasteiger partial charge on any atom is -0.482 e. The molecular formula is C20H18F4N2O2. The summed E-state index contributed by atoms with van der Waals surface area (Å²) in [6.07, 6.45) is -0.841. The van der Waals surface area contributed by atoms with Crippen molar-refractivity contribution in [3.8, 4) is 5.75 Å². The Morgan fingerprint density at radius 2 is 1.89 bits per heavy atom. The first kappa shape index (κ1) is 18.7. The van der Waals surface area contributed by atoms with Gasteiger partial charge in [-0.1, -0.05) is 36.4 Å². The third-order valence-electron chi connectivity index (χ3n) is 5.12. The van der Waals surface area contributed by atoms with Crippen LogP contribution < -0.4 is 15.4 Å². The fourth-order valence-electron chi connectivity index (χ4n) is 3.54. The first-order valence-corrected chi connectivity index (χ1v) is 8.88. The largest absolute Gasteiger partial charge is 0.482 e. The lowest BCUT2D eigenvalue weighted by Gasteiger charge is -2.44. The number of alkyl halides is 4. The van der Waals surface area contributed by atoms with Gasteiger partial charge in [-0.05, 0) is 22.8 Å². The number of carbonyl (C=O) groups excluding carboxylic acids is 1. The Balaban J connectivity index is 1.41. The number of carbonyl (C=O) groups is 1. The second-order valence-corrected chi connectivity index (χ2v) is 7.06. The summed E-state index contributed by atoms with van der Waals surface area (Å²) < 4.78 is 58.9. The van der Waals surface area contributed by atoms with Crippen LogP contribution in [0.25, 0.3) is 0 Å². The van der Waals surface area contributed by atoms with Gasteiger partial charge in [-0.15, -0.1) is 0 Å². The van der Waals surface area contributed by atoms with E-state index >= 15 is 0 Å². The van der Waals surface area contributed by atoms with Crippen LogP contribution in [-0.2, 0) is 17.9 Å². The molecule has 8 heteroatoms. The van der Waals surface area contributed by atoms with Crippen molar-refractivity contribution in [2.75, 3.05) is 11.9 Å². The van der Waals surface area contributed by atoms with Gasteiger partial charge in [0.1, 0.15) is 5.75 Å². The molecule has 1 unspecified atom stereocenters. The Morgan fingerprint density at radius 1 is 1.11 bits per heavy atom. The zero-order valence-electron chi connectivity index (χ0n) is 14.8. The zero-order valence-corrected chi connectivity index (χ0v) is 14.8. The number of anilines is 1. The molecule has 0 radical (unpaired) electrons. The van der Waals surface area contributed by atoms with E-state index in [-0.39, 0.29) is 18.1 Å². The number of fused-ring (bicyclic) bond motifs is 1. The van der Waals surface area contributed by atoms with E-state index in [1.54, 1.807) is 18.2 Å². The van der Waals surface area contributed by atoms with Crippen molar-refractivity contribution in [3.05, 3.63) is 59.2 Å². The van der Waals surface area contributed by atoms with Crippen molar-refractivity contribution < 1.29 is 27.1 Å². The summed E-state index contributed by atoms with van der Waals surface area (Å²) in [4.78, 5) is 11.5. The fraction of sp³-hybridized carbons (Fsp3) is 0.350. The Bertz CT molecular complexity index is 917. The third kappa shape index (κ3) is 3.22. The topological polar surface area (TPSA) is 50.4 Å². The molecule has 1 atom stereocenters. The normalized spacial score (nSPS) is 21.9. The van der Waals surface area contributed by atoms with Crippen molar-refractivity contribution in [2.45, 2.75) is 37.3 Å². The van der Waals surface area contributed by atoms with Gasteiger partial charge in [0.2, 0.25) is 0 Å². The van der Waals surface area contributed by atoms with Crippen LogP contribution in [0.1, 0.15) is 29.0 Å². The number of rotatable bonds is 5. The van der Waals surface area contributed by atoms with Gasteiger partial charge in [0, 0.05) is 19.5 Å². The molecule has 4 nitrogen and oxygen atoms in total. The molecule has 4 rings (SSSR count). The van der Waals surface area contributed by atoms with Gasteiger partial charge in [0.25, 0.3) is 5.91 Å². The maximum Gasteiger partial charge on any atom is 0.317 e. The third-order valence-corrected chi connectivity index (χ3v) is 5.12. The smallest absolute Gasteiger partial charge is 0.317 e. The molecule has 2 N–H and O–H groups in total. The highest BCUT2D eigenvalue weighted by Gasteiger charge is 2.71. The van der Waals surface area contributed by atoms with Crippen molar-refractivity contribution in [2.24, 2.45) is 0 Å². The SMILES string of the molecule is O=C1COc2cccc(CNCc3cccc(C4CC(F)(F)C4(F)F)c3)c2N1. The number of para-hydroxylation sites is 1. The molecule has 1 aliphatic carbocycles. The van der Waals surface area contributed by atoms with Crippen LogP contribution in [0, 0.1) is 0 Å². The van der Waals surface area contributed by atoms with E-state index < -0.39 is 24.2 Å². The van der Waals surface area contributed by atoms with Crippen molar-refractivity contribution in [1.82, 2.24) is 5.32 Å². The maximum atomic E-state index is 13.7. The Morgan fingerprint density at radius 3 is 2.64 bits per heavy atom. The summed E-state index contributed by atoms with van der Waals surface area (Å²) in [5.41, 5.74) is 2.37. The highest BCUT2D eigenvalue weighted by molar-refractivity contribution is 5.96. The second-order valence-electron chi connectivity index (χ2n) is 7.06. The molecule has 2 aromatic carbocycles. The molecule has 0 saturated heterocycles. The molecular weight excluding hydrogens is 376 g/mol. The molecule has 28 heavy (non-hydrogen) atoms. The molecule has 1 saturated carbocycles. The minimum atomic E-state index is -4.01. The second kappa shape index (κ2) is 6.77. The zero-order chi connectivity index (χ0) is 19.9. The van der Waals surface area contributed by atoms with E-state index in [2.05, 4.69) is 10.6 Å². The monoisotopic (exact) mass is 394 g/mol. The number of benzene rings is 2. The maximum absolute atomic E-state index is 13.7. The minimum absolute atomic E-state index is 0.0263. The lowest BCUT2D eigenvalue weighted by Crippen LogP contribution is -2.57. The molecule has 0 aromatic heterocycles. The van der Waals surface area contributed by atoms with Crippen LogP contribution in [-0.4, -0.2) is 24.4 Å². The van der Waals surface area contributed by atoms with Gasteiger partial charge in [0.05, 0.1) is 11.6 Å². The van der Waals surface area contributed by atoms with E-state index in [1.807, 2.05) is 12.1 Å². The highest BCUT2D eigenvalue weighted by atomic mass is 19.3. The summed E-state index contributed by atoms with van der Waals surface area (Å²) >= 11 is 0. The molecule has 1 aliphatic heterocycles. The van der Waals surface area contributed by atoms with E-state index in [9.17, 15) is 22.4 Å². The van der Waals surface area contributed by atoms with E-state index in [0.717, 1.165) is 5.56 Å². The van der Waals surface area contributed by atoms with E-state index in [1.165, 1.54) is 12.1 Å². The van der Waals surface area contributed by atoms with Gasteiger partial charge in [-0.25, -0.2) is 0 Å². The number of ether oxygens (including phenoxy) is 1. The number of hydrogen-bond donors (Lipinski definition) is 2.